The van der Waals surface area contributed by atoms with Crippen molar-refractivity contribution in [2.24, 2.45) is 17.8 Å². The molecule has 2 heterocycles. The number of benzene rings is 1. The van der Waals surface area contributed by atoms with Crippen LogP contribution in [0.1, 0.15) is 19.3 Å². The molecule has 1 N–H and O–H groups in total. The molecule has 0 spiro atoms. The first-order chi connectivity index (χ1) is 11.1. The molecule has 1 aromatic heterocycles. The van der Waals surface area contributed by atoms with Crippen molar-refractivity contribution in [2.75, 3.05) is 13.2 Å². The molecule has 122 valence electrons. The van der Waals surface area contributed by atoms with Crippen LogP contribution in [-0.2, 0) is 11.3 Å². The summed E-state index contributed by atoms with van der Waals surface area (Å²) in [7, 11) is 0. The zero-order chi connectivity index (χ0) is 16.0. The SMILES string of the molecule is O=c1[nH]c2ccc(Cl)cc2c(=O)n1C[C@@H]1C[C@H]1C1CCOCC1. The molecular weight excluding hydrogens is 316 g/mol. The third-order valence-corrected chi connectivity index (χ3v) is 5.44. The summed E-state index contributed by atoms with van der Waals surface area (Å²) >= 11 is 5.97. The van der Waals surface area contributed by atoms with Crippen molar-refractivity contribution in [3.8, 4) is 0 Å². The minimum Gasteiger partial charge on any atom is -0.381 e. The number of halogens is 1. The van der Waals surface area contributed by atoms with E-state index in [1.807, 2.05) is 0 Å². The lowest BCUT2D eigenvalue weighted by molar-refractivity contribution is 0.0578. The van der Waals surface area contributed by atoms with Crippen LogP contribution in [0.15, 0.2) is 27.8 Å². The fourth-order valence-corrected chi connectivity index (χ4v) is 4.00. The van der Waals surface area contributed by atoms with Gasteiger partial charge in [0.25, 0.3) is 5.56 Å². The van der Waals surface area contributed by atoms with Crippen LogP contribution in [0.4, 0.5) is 0 Å². The van der Waals surface area contributed by atoms with Gasteiger partial charge in [0.05, 0.1) is 10.9 Å². The lowest BCUT2D eigenvalue weighted by atomic mass is 9.93. The van der Waals surface area contributed by atoms with Crippen LogP contribution in [0.5, 0.6) is 0 Å². The van der Waals surface area contributed by atoms with Crippen LogP contribution in [0.3, 0.4) is 0 Å². The summed E-state index contributed by atoms with van der Waals surface area (Å²) in [5.74, 6) is 1.73. The summed E-state index contributed by atoms with van der Waals surface area (Å²) in [5.41, 5.74) is -0.0382. The summed E-state index contributed by atoms with van der Waals surface area (Å²) < 4.78 is 6.74. The molecule has 23 heavy (non-hydrogen) atoms. The normalized spacial score (nSPS) is 24.9. The summed E-state index contributed by atoms with van der Waals surface area (Å²) in [5, 5.41) is 0.972. The van der Waals surface area contributed by atoms with E-state index in [2.05, 4.69) is 4.98 Å². The number of nitrogens with one attached hydrogen (secondary N) is 1. The van der Waals surface area contributed by atoms with Gasteiger partial charge in [0.15, 0.2) is 0 Å². The number of fused-ring (bicyclic) bond motifs is 1. The molecule has 5 nitrogen and oxygen atoms in total. The second kappa shape index (κ2) is 5.80. The number of hydrogen-bond acceptors (Lipinski definition) is 3. The number of hydrogen-bond donors (Lipinski definition) is 1. The molecule has 0 radical (unpaired) electrons. The zero-order valence-electron chi connectivity index (χ0n) is 12.8. The van der Waals surface area contributed by atoms with Gasteiger partial charge in [0.2, 0.25) is 0 Å². The van der Waals surface area contributed by atoms with Gasteiger partial charge in [-0.3, -0.25) is 9.36 Å². The van der Waals surface area contributed by atoms with Crippen LogP contribution >= 0.6 is 11.6 Å². The Bertz CT molecular complexity index is 851. The zero-order valence-corrected chi connectivity index (χ0v) is 13.5. The topological polar surface area (TPSA) is 64.1 Å². The first kappa shape index (κ1) is 15.0. The van der Waals surface area contributed by atoms with Gasteiger partial charge in [-0.15, -0.1) is 0 Å². The van der Waals surface area contributed by atoms with Crippen LogP contribution in [0.25, 0.3) is 10.9 Å². The molecular formula is C17H19ClN2O3. The maximum Gasteiger partial charge on any atom is 0.328 e. The maximum atomic E-state index is 12.6. The first-order valence-electron chi connectivity index (χ1n) is 8.13. The quantitative estimate of drug-likeness (QED) is 0.937. The van der Waals surface area contributed by atoms with Gasteiger partial charge in [-0.25, -0.2) is 4.79 Å². The monoisotopic (exact) mass is 334 g/mol. The molecule has 0 unspecified atom stereocenters. The van der Waals surface area contributed by atoms with E-state index in [0.717, 1.165) is 32.5 Å². The number of rotatable bonds is 3. The number of ether oxygens (including phenoxy) is 1. The van der Waals surface area contributed by atoms with Crippen molar-refractivity contribution in [1.82, 2.24) is 9.55 Å². The fourth-order valence-electron chi connectivity index (χ4n) is 3.83. The third-order valence-electron chi connectivity index (χ3n) is 5.21. The molecule has 2 atom stereocenters. The van der Waals surface area contributed by atoms with E-state index in [4.69, 9.17) is 16.3 Å². The van der Waals surface area contributed by atoms with Crippen molar-refractivity contribution in [1.29, 1.82) is 0 Å². The highest BCUT2D eigenvalue weighted by Gasteiger charge is 2.43. The molecule has 2 aromatic rings. The Morgan fingerprint density at radius 3 is 2.83 bits per heavy atom. The van der Waals surface area contributed by atoms with Gasteiger partial charge >= 0.3 is 5.69 Å². The Balaban J connectivity index is 1.60. The number of nitrogens with zero attached hydrogens (tertiary/aromatic N) is 1. The van der Waals surface area contributed by atoms with Crippen LogP contribution in [-0.4, -0.2) is 22.8 Å². The molecule has 2 aliphatic rings. The fraction of sp³-hybridized carbons (Fsp3) is 0.529. The van der Waals surface area contributed by atoms with Gasteiger partial charge in [-0.05, 0) is 55.2 Å². The van der Waals surface area contributed by atoms with E-state index >= 15 is 0 Å². The lowest BCUT2D eigenvalue weighted by Crippen LogP contribution is -2.36. The van der Waals surface area contributed by atoms with E-state index < -0.39 is 0 Å². The molecule has 1 saturated heterocycles. The van der Waals surface area contributed by atoms with Crippen molar-refractivity contribution in [3.63, 3.8) is 0 Å². The van der Waals surface area contributed by atoms with Gasteiger partial charge in [0.1, 0.15) is 0 Å². The minimum absolute atomic E-state index is 0.246. The van der Waals surface area contributed by atoms with Crippen molar-refractivity contribution >= 4 is 22.5 Å². The summed E-state index contributed by atoms with van der Waals surface area (Å²) in [6.07, 6.45) is 3.30. The molecule has 1 aromatic carbocycles. The largest absolute Gasteiger partial charge is 0.381 e. The predicted molar refractivity (Wildman–Crippen MR) is 89.0 cm³/mol. The first-order valence-corrected chi connectivity index (χ1v) is 8.51. The molecule has 4 rings (SSSR count). The van der Waals surface area contributed by atoms with Crippen LogP contribution < -0.4 is 11.2 Å². The van der Waals surface area contributed by atoms with E-state index in [0.29, 0.717) is 40.2 Å². The number of aromatic nitrogens is 2. The number of H-pyrrole nitrogens is 1. The standard InChI is InChI=1S/C17H19ClN2O3/c18-12-1-2-15-14(8-12)16(21)20(17(22)19-15)9-11-7-13(11)10-3-5-23-6-4-10/h1-2,8,10-11,13H,3-7,9H2,(H,19,22)/t11-,13-/m0/s1. The summed E-state index contributed by atoms with van der Waals surface area (Å²) in [4.78, 5) is 27.6. The van der Waals surface area contributed by atoms with E-state index in [1.54, 1.807) is 18.2 Å². The minimum atomic E-state index is -0.331. The number of aromatic amines is 1. The Morgan fingerprint density at radius 2 is 2.04 bits per heavy atom. The highest BCUT2D eigenvalue weighted by molar-refractivity contribution is 6.31. The predicted octanol–water partition coefficient (Wildman–Crippen LogP) is 2.41. The smallest absolute Gasteiger partial charge is 0.328 e. The van der Waals surface area contributed by atoms with E-state index in [1.165, 1.54) is 4.57 Å². The Morgan fingerprint density at radius 1 is 1.26 bits per heavy atom. The molecule has 2 fully saturated rings. The maximum absolute atomic E-state index is 12.6. The average Bonchev–Trinajstić information content (AvgIpc) is 3.33. The highest BCUT2D eigenvalue weighted by Crippen LogP contribution is 2.48. The summed E-state index contributed by atoms with van der Waals surface area (Å²) in [6, 6.07) is 4.97. The van der Waals surface area contributed by atoms with Crippen molar-refractivity contribution < 1.29 is 4.74 Å². The average molecular weight is 335 g/mol. The van der Waals surface area contributed by atoms with Crippen molar-refractivity contribution in [3.05, 3.63) is 44.1 Å². The van der Waals surface area contributed by atoms with Gasteiger partial charge in [-0.1, -0.05) is 11.6 Å². The molecule has 0 bridgehead atoms. The highest BCUT2D eigenvalue weighted by atomic mass is 35.5. The van der Waals surface area contributed by atoms with Gasteiger partial charge in [0, 0.05) is 24.8 Å². The van der Waals surface area contributed by atoms with Crippen LogP contribution in [0, 0.1) is 17.8 Å². The molecule has 6 heteroatoms. The van der Waals surface area contributed by atoms with Crippen molar-refractivity contribution in [2.45, 2.75) is 25.8 Å². The third kappa shape index (κ3) is 2.83. The van der Waals surface area contributed by atoms with Gasteiger partial charge in [-0.2, -0.15) is 0 Å². The van der Waals surface area contributed by atoms with Gasteiger partial charge < -0.3 is 9.72 Å². The second-order valence-electron chi connectivity index (χ2n) is 6.65. The van der Waals surface area contributed by atoms with E-state index in [9.17, 15) is 9.59 Å². The second-order valence-corrected chi connectivity index (χ2v) is 7.08. The van der Waals surface area contributed by atoms with E-state index in [-0.39, 0.29) is 11.2 Å². The lowest BCUT2D eigenvalue weighted by Gasteiger charge is -2.22. The summed E-state index contributed by atoms with van der Waals surface area (Å²) in [6.45, 7) is 2.17. The molecule has 1 aliphatic carbocycles. The Labute approximate surface area is 138 Å². The van der Waals surface area contributed by atoms with Crippen LogP contribution in [0.2, 0.25) is 5.02 Å². The Hall–Kier alpha value is -1.59. The molecule has 0 amide bonds. The molecule has 1 saturated carbocycles. The Kier molecular flexibility index (Phi) is 3.77. The molecule has 1 aliphatic heterocycles.